The first-order valence-electron chi connectivity index (χ1n) is 6.17. The Labute approximate surface area is 118 Å². The Morgan fingerprint density at radius 1 is 1.53 bits per heavy atom. The molecule has 102 valence electrons. The lowest BCUT2D eigenvalue weighted by molar-refractivity contribution is 0.0740. The van der Waals surface area contributed by atoms with Gasteiger partial charge in [-0.1, -0.05) is 25.4 Å². The highest BCUT2D eigenvalue weighted by Gasteiger charge is 2.19. The van der Waals surface area contributed by atoms with Gasteiger partial charge in [0.15, 0.2) is 0 Å². The zero-order valence-electron chi connectivity index (χ0n) is 11.2. The number of hydrogen-bond donors (Lipinski definition) is 1. The fourth-order valence-electron chi connectivity index (χ4n) is 1.78. The van der Waals surface area contributed by atoms with Crippen LogP contribution in [0.4, 0.5) is 5.69 Å². The highest BCUT2D eigenvalue weighted by Crippen LogP contribution is 2.21. The van der Waals surface area contributed by atoms with Crippen molar-refractivity contribution in [3.8, 4) is 6.07 Å². The Bertz CT molecular complexity index is 494. The Hall–Kier alpha value is -1.73. The molecule has 1 aromatic carbocycles. The molecule has 0 fully saturated rings. The largest absolute Gasteiger partial charge is 0.399 e. The normalized spacial score (nSPS) is 10.3. The van der Waals surface area contributed by atoms with Crippen molar-refractivity contribution in [3.63, 3.8) is 0 Å². The van der Waals surface area contributed by atoms with Gasteiger partial charge >= 0.3 is 0 Å². The van der Waals surface area contributed by atoms with E-state index in [0.717, 1.165) is 0 Å². The lowest BCUT2D eigenvalue weighted by Gasteiger charge is -2.24. The topological polar surface area (TPSA) is 70.1 Å². The molecule has 2 N–H and O–H groups in total. The molecular formula is C14H18ClN3O. The zero-order chi connectivity index (χ0) is 14.4. The third-order valence-corrected chi connectivity index (χ3v) is 2.90. The van der Waals surface area contributed by atoms with Crippen molar-refractivity contribution in [2.45, 2.75) is 20.3 Å². The third-order valence-electron chi connectivity index (χ3n) is 2.59. The van der Waals surface area contributed by atoms with Gasteiger partial charge in [0.05, 0.1) is 23.1 Å². The van der Waals surface area contributed by atoms with E-state index in [0.29, 0.717) is 41.7 Å². The molecule has 0 heterocycles. The average molecular weight is 280 g/mol. The summed E-state index contributed by atoms with van der Waals surface area (Å²) in [5.74, 6) is 0.171. The van der Waals surface area contributed by atoms with Gasteiger partial charge in [-0.25, -0.2) is 0 Å². The summed E-state index contributed by atoms with van der Waals surface area (Å²) in [6, 6.07) is 6.89. The van der Waals surface area contributed by atoms with Gasteiger partial charge < -0.3 is 10.6 Å². The number of halogens is 1. The van der Waals surface area contributed by atoms with Gasteiger partial charge in [0.25, 0.3) is 5.91 Å². The van der Waals surface area contributed by atoms with E-state index in [9.17, 15) is 4.79 Å². The summed E-state index contributed by atoms with van der Waals surface area (Å²) in [7, 11) is 0. The minimum absolute atomic E-state index is 0.158. The van der Waals surface area contributed by atoms with Crippen molar-refractivity contribution < 1.29 is 4.79 Å². The second kappa shape index (κ2) is 7.01. The average Bonchev–Trinajstić information content (AvgIpc) is 2.33. The van der Waals surface area contributed by atoms with E-state index >= 15 is 0 Å². The summed E-state index contributed by atoms with van der Waals surface area (Å²) < 4.78 is 0. The zero-order valence-corrected chi connectivity index (χ0v) is 11.9. The maximum atomic E-state index is 12.4. The number of carbonyl (C=O) groups excluding carboxylic acids is 1. The maximum Gasteiger partial charge on any atom is 0.255 e. The van der Waals surface area contributed by atoms with Crippen molar-refractivity contribution >= 4 is 23.2 Å². The second-order valence-electron chi connectivity index (χ2n) is 4.79. The molecule has 0 unspecified atom stereocenters. The van der Waals surface area contributed by atoms with Crippen LogP contribution in [0.3, 0.4) is 0 Å². The minimum Gasteiger partial charge on any atom is -0.399 e. The number of rotatable bonds is 5. The number of amides is 1. The number of nitrogen functional groups attached to an aromatic ring is 1. The summed E-state index contributed by atoms with van der Waals surface area (Å²) in [5, 5.41) is 9.01. The van der Waals surface area contributed by atoms with E-state index in [1.165, 1.54) is 0 Å². The van der Waals surface area contributed by atoms with Crippen LogP contribution in [0.25, 0.3) is 0 Å². The van der Waals surface area contributed by atoms with E-state index in [4.69, 9.17) is 22.6 Å². The van der Waals surface area contributed by atoms with Gasteiger partial charge in [0.1, 0.15) is 0 Å². The number of nitrogens with zero attached hydrogens (tertiary/aromatic N) is 2. The van der Waals surface area contributed by atoms with E-state index < -0.39 is 0 Å². The molecule has 19 heavy (non-hydrogen) atoms. The summed E-state index contributed by atoms with van der Waals surface area (Å²) >= 11 is 6.05. The molecule has 0 atom stereocenters. The summed E-state index contributed by atoms with van der Waals surface area (Å²) in [6.07, 6.45) is 0.311. The van der Waals surface area contributed by atoms with Crippen LogP contribution >= 0.6 is 11.6 Å². The SMILES string of the molecule is CC(C)CN(CCC#N)C(=O)c1ccc(N)cc1Cl. The fraction of sp³-hybridized carbons (Fsp3) is 0.429. The van der Waals surface area contributed by atoms with Crippen LogP contribution in [0.5, 0.6) is 0 Å². The predicted molar refractivity (Wildman–Crippen MR) is 76.8 cm³/mol. The van der Waals surface area contributed by atoms with Crippen LogP contribution in [0.15, 0.2) is 18.2 Å². The van der Waals surface area contributed by atoms with Crippen LogP contribution in [-0.4, -0.2) is 23.9 Å². The first-order valence-corrected chi connectivity index (χ1v) is 6.54. The lowest BCUT2D eigenvalue weighted by Crippen LogP contribution is -2.35. The molecule has 4 nitrogen and oxygen atoms in total. The minimum atomic E-state index is -0.158. The van der Waals surface area contributed by atoms with Crippen LogP contribution in [0.1, 0.15) is 30.6 Å². The summed E-state index contributed by atoms with van der Waals surface area (Å²) in [6.45, 7) is 5.06. The quantitative estimate of drug-likeness (QED) is 0.843. The van der Waals surface area contributed by atoms with Crippen molar-refractivity contribution in [2.24, 2.45) is 5.92 Å². The first-order chi connectivity index (χ1) is 8.95. The van der Waals surface area contributed by atoms with E-state index in [-0.39, 0.29) is 5.91 Å². The number of carbonyl (C=O) groups is 1. The van der Waals surface area contributed by atoms with Gasteiger partial charge in [-0.3, -0.25) is 4.79 Å². The lowest BCUT2D eigenvalue weighted by atomic mass is 10.1. The molecule has 0 radical (unpaired) electrons. The molecule has 5 heteroatoms. The number of anilines is 1. The van der Waals surface area contributed by atoms with Crippen molar-refractivity contribution in [2.75, 3.05) is 18.8 Å². The molecule has 0 spiro atoms. The molecule has 0 aromatic heterocycles. The van der Waals surface area contributed by atoms with Gasteiger partial charge in [-0.05, 0) is 24.1 Å². The van der Waals surface area contributed by atoms with Gasteiger partial charge in [-0.15, -0.1) is 0 Å². The van der Waals surface area contributed by atoms with Crippen molar-refractivity contribution in [1.29, 1.82) is 5.26 Å². The number of nitrogens with two attached hydrogens (primary N) is 1. The van der Waals surface area contributed by atoms with E-state index in [2.05, 4.69) is 6.07 Å². The summed E-state index contributed by atoms with van der Waals surface area (Å²) in [5.41, 5.74) is 6.56. The van der Waals surface area contributed by atoms with Gasteiger partial charge in [-0.2, -0.15) is 5.26 Å². The van der Waals surface area contributed by atoms with Gasteiger partial charge in [0, 0.05) is 18.8 Å². The molecule has 0 saturated carbocycles. The monoisotopic (exact) mass is 279 g/mol. The van der Waals surface area contributed by atoms with E-state index in [1.54, 1.807) is 23.1 Å². The number of nitriles is 1. The molecule has 0 bridgehead atoms. The Kier molecular flexibility index (Phi) is 5.65. The van der Waals surface area contributed by atoms with E-state index in [1.807, 2.05) is 13.8 Å². The van der Waals surface area contributed by atoms with Crippen LogP contribution in [0.2, 0.25) is 5.02 Å². The molecule has 0 aliphatic carbocycles. The summed E-state index contributed by atoms with van der Waals surface area (Å²) in [4.78, 5) is 14.1. The smallest absolute Gasteiger partial charge is 0.255 e. The Morgan fingerprint density at radius 2 is 2.21 bits per heavy atom. The number of hydrogen-bond acceptors (Lipinski definition) is 3. The molecule has 1 aromatic rings. The fourth-order valence-corrected chi connectivity index (χ4v) is 2.05. The van der Waals surface area contributed by atoms with Crippen LogP contribution in [-0.2, 0) is 0 Å². The Morgan fingerprint density at radius 3 is 2.74 bits per heavy atom. The molecule has 1 amide bonds. The van der Waals surface area contributed by atoms with Crippen molar-refractivity contribution in [3.05, 3.63) is 28.8 Å². The predicted octanol–water partition coefficient (Wildman–Crippen LogP) is 2.93. The number of benzene rings is 1. The van der Waals surface area contributed by atoms with Crippen LogP contribution < -0.4 is 5.73 Å². The second-order valence-corrected chi connectivity index (χ2v) is 5.20. The molecule has 0 aliphatic heterocycles. The van der Waals surface area contributed by atoms with Crippen molar-refractivity contribution in [1.82, 2.24) is 4.90 Å². The molecule has 0 aliphatic rings. The highest BCUT2D eigenvalue weighted by atomic mass is 35.5. The molecule has 0 saturated heterocycles. The van der Waals surface area contributed by atoms with Crippen LogP contribution in [0, 0.1) is 17.2 Å². The Balaban J connectivity index is 2.94. The van der Waals surface area contributed by atoms with Gasteiger partial charge in [0.2, 0.25) is 0 Å². The maximum absolute atomic E-state index is 12.4. The standard InChI is InChI=1S/C14H18ClN3O/c1-10(2)9-18(7-3-6-16)14(19)12-5-4-11(17)8-13(12)15/h4-5,8,10H,3,7,9,17H2,1-2H3. The third kappa shape index (κ3) is 4.46. The first kappa shape index (κ1) is 15.3. The molecular weight excluding hydrogens is 262 g/mol. The molecule has 1 rings (SSSR count). The highest BCUT2D eigenvalue weighted by molar-refractivity contribution is 6.34.